The molecule has 1 aromatic rings. The van der Waals surface area contributed by atoms with Gasteiger partial charge >= 0.3 is 5.97 Å². The van der Waals surface area contributed by atoms with Crippen LogP contribution in [0, 0.1) is 29.3 Å². The Morgan fingerprint density at radius 2 is 1.57 bits per heavy atom. The highest BCUT2D eigenvalue weighted by Crippen LogP contribution is 2.31. The third-order valence-corrected chi connectivity index (χ3v) is 3.69. The summed E-state index contributed by atoms with van der Waals surface area (Å²) in [5, 5.41) is 11.2. The van der Waals surface area contributed by atoms with Crippen LogP contribution in [0.2, 0.25) is 0 Å². The molecule has 0 saturated heterocycles. The number of amides is 1. The number of rotatable bonds is 3. The van der Waals surface area contributed by atoms with Crippen molar-refractivity contribution in [3.63, 3.8) is 0 Å². The fraction of sp³-hybridized carbons (Fsp3) is 0.429. The summed E-state index contributed by atoms with van der Waals surface area (Å²) in [7, 11) is 0. The van der Waals surface area contributed by atoms with E-state index in [9.17, 15) is 22.8 Å². The maximum absolute atomic E-state index is 13.5. The number of aliphatic carboxylic acids is 1. The van der Waals surface area contributed by atoms with E-state index in [0.717, 1.165) is 0 Å². The molecular weight excluding hydrogens is 287 g/mol. The molecule has 0 heterocycles. The van der Waals surface area contributed by atoms with Gasteiger partial charge in [0, 0.05) is 12.1 Å². The lowest BCUT2D eigenvalue weighted by Crippen LogP contribution is -2.36. The number of carbonyl (C=O) groups is 2. The maximum Gasteiger partial charge on any atom is 0.307 e. The Labute approximate surface area is 119 Å². The molecule has 2 atom stereocenters. The number of halogens is 3. The quantitative estimate of drug-likeness (QED) is 0.844. The first-order valence-electron chi connectivity index (χ1n) is 6.58. The Hall–Kier alpha value is -2.05. The van der Waals surface area contributed by atoms with Gasteiger partial charge in [0.2, 0.25) is 5.91 Å². The molecule has 0 unspecified atom stereocenters. The molecule has 1 aliphatic carbocycles. The largest absolute Gasteiger partial charge is 0.481 e. The normalized spacial score (nSPS) is 21.9. The number of carboxylic acid groups (broad SMARTS) is 1. The molecule has 0 aromatic heterocycles. The van der Waals surface area contributed by atoms with E-state index in [1.54, 1.807) is 0 Å². The third-order valence-electron chi connectivity index (χ3n) is 3.69. The fourth-order valence-corrected chi connectivity index (χ4v) is 2.58. The van der Waals surface area contributed by atoms with Crippen molar-refractivity contribution < 1.29 is 27.9 Å². The lowest BCUT2D eigenvalue weighted by Gasteiger charge is -2.27. The van der Waals surface area contributed by atoms with E-state index in [4.69, 9.17) is 5.11 Å². The van der Waals surface area contributed by atoms with Gasteiger partial charge in [-0.25, -0.2) is 13.2 Å². The Balaban J connectivity index is 2.17. The van der Waals surface area contributed by atoms with Crippen molar-refractivity contribution >= 4 is 17.6 Å². The van der Waals surface area contributed by atoms with Crippen molar-refractivity contribution in [2.45, 2.75) is 25.7 Å². The molecule has 1 aromatic carbocycles. The number of nitrogens with one attached hydrogen (secondary N) is 1. The van der Waals surface area contributed by atoms with Crippen LogP contribution < -0.4 is 5.32 Å². The summed E-state index contributed by atoms with van der Waals surface area (Å²) in [6.07, 6.45) is 2.14. The van der Waals surface area contributed by atoms with Gasteiger partial charge in [-0.3, -0.25) is 9.59 Å². The van der Waals surface area contributed by atoms with Crippen LogP contribution >= 0.6 is 0 Å². The maximum atomic E-state index is 13.5. The number of benzene rings is 1. The summed E-state index contributed by atoms with van der Waals surface area (Å²) in [5.74, 6) is -7.16. The molecule has 114 valence electrons. The smallest absolute Gasteiger partial charge is 0.307 e. The predicted molar refractivity (Wildman–Crippen MR) is 68.0 cm³/mol. The lowest BCUT2D eigenvalue weighted by molar-refractivity contribution is -0.147. The highest BCUT2D eigenvalue weighted by atomic mass is 19.2. The highest BCUT2D eigenvalue weighted by Gasteiger charge is 2.36. The standard InChI is InChI=1S/C14H14F3NO3/c15-9-5-11(17)12(6-10(9)16)18-13(19)7-3-1-2-4-8(7)14(20)21/h5-8H,1-4H2,(H,18,19)(H,20,21)/t7-,8+/m1/s1. The van der Waals surface area contributed by atoms with E-state index in [1.807, 2.05) is 0 Å². The second kappa shape index (κ2) is 6.15. The van der Waals surface area contributed by atoms with E-state index >= 15 is 0 Å². The van der Waals surface area contributed by atoms with Crippen LogP contribution in [-0.2, 0) is 9.59 Å². The van der Waals surface area contributed by atoms with Gasteiger partial charge in [0.05, 0.1) is 17.5 Å². The zero-order chi connectivity index (χ0) is 15.6. The minimum Gasteiger partial charge on any atom is -0.481 e. The molecule has 2 N–H and O–H groups in total. The topological polar surface area (TPSA) is 66.4 Å². The third kappa shape index (κ3) is 3.34. The highest BCUT2D eigenvalue weighted by molar-refractivity contribution is 5.95. The van der Waals surface area contributed by atoms with Crippen LogP contribution in [0.5, 0.6) is 0 Å². The van der Waals surface area contributed by atoms with Gasteiger partial charge in [-0.05, 0) is 12.8 Å². The minimum absolute atomic E-state index is 0.334. The summed E-state index contributed by atoms with van der Waals surface area (Å²) >= 11 is 0. The summed E-state index contributed by atoms with van der Waals surface area (Å²) in [6.45, 7) is 0. The van der Waals surface area contributed by atoms with E-state index in [2.05, 4.69) is 5.32 Å². The Kier molecular flexibility index (Phi) is 4.50. The number of hydrogen-bond donors (Lipinski definition) is 2. The first-order chi connectivity index (χ1) is 9.90. The number of carbonyl (C=O) groups excluding carboxylic acids is 1. The lowest BCUT2D eigenvalue weighted by atomic mass is 9.78. The second-order valence-corrected chi connectivity index (χ2v) is 5.07. The molecule has 7 heteroatoms. The van der Waals surface area contributed by atoms with Crippen LogP contribution in [-0.4, -0.2) is 17.0 Å². The van der Waals surface area contributed by atoms with Crippen LogP contribution in [0.4, 0.5) is 18.9 Å². The first kappa shape index (κ1) is 15.3. The summed E-state index contributed by atoms with van der Waals surface area (Å²) in [5.41, 5.74) is -0.492. The number of anilines is 1. The average molecular weight is 301 g/mol. The van der Waals surface area contributed by atoms with Crippen molar-refractivity contribution in [3.8, 4) is 0 Å². The van der Waals surface area contributed by atoms with Gasteiger partial charge in [0.1, 0.15) is 5.82 Å². The summed E-state index contributed by atoms with van der Waals surface area (Å²) < 4.78 is 39.4. The number of hydrogen-bond acceptors (Lipinski definition) is 2. The van der Waals surface area contributed by atoms with Crippen LogP contribution in [0.1, 0.15) is 25.7 Å². The molecule has 0 aliphatic heterocycles. The van der Waals surface area contributed by atoms with Gasteiger partial charge in [0.25, 0.3) is 0 Å². The molecule has 0 radical (unpaired) electrons. The van der Waals surface area contributed by atoms with Crippen LogP contribution in [0.25, 0.3) is 0 Å². The van der Waals surface area contributed by atoms with Gasteiger partial charge in [-0.15, -0.1) is 0 Å². The SMILES string of the molecule is O=C(O)[C@H]1CCCC[C@H]1C(=O)Nc1cc(F)c(F)cc1F. The Morgan fingerprint density at radius 3 is 2.19 bits per heavy atom. The van der Waals surface area contributed by atoms with Crippen molar-refractivity contribution in [2.24, 2.45) is 11.8 Å². The Bertz CT molecular complexity index is 577. The molecule has 1 saturated carbocycles. The average Bonchev–Trinajstić information content (AvgIpc) is 2.44. The van der Waals surface area contributed by atoms with E-state index in [-0.39, 0.29) is 0 Å². The minimum atomic E-state index is -1.36. The van der Waals surface area contributed by atoms with Crippen molar-refractivity contribution in [1.29, 1.82) is 0 Å². The molecular formula is C14H14F3NO3. The predicted octanol–water partition coefficient (Wildman–Crippen LogP) is 2.93. The number of carboxylic acids is 1. The second-order valence-electron chi connectivity index (χ2n) is 5.07. The van der Waals surface area contributed by atoms with Gasteiger partial charge < -0.3 is 10.4 Å². The van der Waals surface area contributed by atoms with E-state index in [0.29, 0.717) is 37.8 Å². The fourth-order valence-electron chi connectivity index (χ4n) is 2.58. The van der Waals surface area contributed by atoms with E-state index < -0.39 is 46.9 Å². The molecule has 1 amide bonds. The molecule has 2 rings (SSSR count). The monoisotopic (exact) mass is 301 g/mol. The van der Waals surface area contributed by atoms with Crippen molar-refractivity contribution in [3.05, 3.63) is 29.6 Å². The van der Waals surface area contributed by atoms with Gasteiger partial charge in [-0.2, -0.15) is 0 Å². The van der Waals surface area contributed by atoms with Gasteiger partial charge in [-0.1, -0.05) is 12.8 Å². The van der Waals surface area contributed by atoms with Crippen molar-refractivity contribution in [1.82, 2.24) is 0 Å². The van der Waals surface area contributed by atoms with Crippen LogP contribution in [0.3, 0.4) is 0 Å². The van der Waals surface area contributed by atoms with Crippen LogP contribution in [0.15, 0.2) is 12.1 Å². The van der Waals surface area contributed by atoms with Gasteiger partial charge in [0.15, 0.2) is 11.6 Å². The molecule has 21 heavy (non-hydrogen) atoms. The molecule has 4 nitrogen and oxygen atoms in total. The Morgan fingerprint density at radius 1 is 1.00 bits per heavy atom. The molecule has 0 spiro atoms. The van der Waals surface area contributed by atoms with Crippen molar-refractivity contribution in [2.75, 3.05) is 5.32 Å². The molecule has 1 aliphatic rings. The zero-order valence-electron chi connectivity index (χ0n) is 11.0. The molecule has 0 bridgehead atoms. The summed E-state index contributed by atoms with van der Waals surface area (Å²) in [6, 6.07) is 0.877. The zero-order valence-corrected chi connectivity index (χ0v) is 11.0. The first-order valence-corrected chi connectivity index (χ1v) is 6.58. The summed E-state index contributed by atoms with van der Waals surface area (Å²) in [4.78, 5) is 23.2. The molecule has 1 fully saturated rings. The van der Waals surface area contributed by atoms with E-state index in [1.165, 1.54) is 0 Å².